The van der Waals surface area contributed by atoms with Crippen LogP contribution in [0.25, 0.3) is 33.8 Å². The number of nitrogens with one attached hydrogen (secondary N) is 2. The molecule has 0 aliphatic carbocycles. The Morgan fingerprint density at radius 2 is 1.74 bits per heavy atom. The maximum absolute atomic E-state index is 4.61. The van der Waals surface area contributed by atoms with Gasteiger partial charge in [-0.25, -0.2) is 4.98 Å². The maximum atomic E-state index is 4.61. The first-order chi connectivity index (χ1) is 11.2. The SMILES string of the molecule is CN(C)c1ccc(-c2n[nH]c(-c3cc4ccccc4[nH]3)n2)cc1. The Bertz CT molecular complexity index is 914. The van der Waals surface area contributed by atoms with Crippen LogP contribution >= 0.6 is 0 Å². The Morgan fingerprint density at radius 3 is 2.48 bits per heavy atom. The van der Waals surface area contributed by atoms with E-state index in [-0.39, 0.29) is 0 Å². The molecule has 23 heavy (non-hydrogen) atoms. The standard InChI is InChI=1S/C18H17N5/c1-23(2)14-9-7-12(8-10-14)17-20-18(22-21-17)16-11-13-5-3-4-6-15(13)19-16/h3-11,19H,1-2H3,(H,20,21,22). The van der Waals surface area contributed by atoms with Gasteiger partial charge >= 0.3 is 0 Å². The first-order valence-corrected chi connectivity index (χ1v) is 7.49. The van der Waals surface area contributed by atoms with E-state index < -0.39 is 0 Å². The lowest BCUT2D eigenvalue weighted by Gasteiger charge is -2.11. The van der Waals surface area contributed by atoms with Crippen LogP contribution in [0.1, 0.15) is 0 Å². The quantitative estimate of drug-likeness (QED) is 0.607. The zero-order valence-electron chi connectivity index (χ0n) is 13.0. The lowest BCUT2D eigenvalue weighted by Crippen LogP contribution is -2.07. The van der Waals surface area contributed by atoms with E-state index >= 15 is 0 Å². The highest BCUT2D eigenvalue weighted by Crippen LogP contribution is 2.24. The molecule has 4 aromatic rings. The fourth-order valence-electron chi connectivity index (χ4n) is 2.62. The summed E-state index contributed by atoms with van der Waals surface area (Å²) in [7, 11) is 4.05. The second-order valence-corrected chi connectivity index (χ2v) is 5.72. The molecule has 0 aliphatic heterocycles. The minimum Gasteiger partial charge on any atom is -0.378 e. The molecule has 0 fully saturated rings. The van der Waals surface area contributed by atoms with Crippen molar-refractivity contribution in [1.82, 2.24) is 20.2 Å². The molecular formula is C18H17N5. The van der Waals surface area contributed by atoms with Crippen LogP contribution in [0.3, 0.4) is 0 Å². The van der Waals surface area contributed by atoms with Crippen molar-refractivity contribution in [3.63, 3.8) is 0 Å². The molecule has 2 aromatic heterocycles. The van der Waals surface area contributed by atoms with Gasteiger partial charge < -0.3 is 9.88 Å². The lowest BCUT2D eigenvalue weighted by molar-refractivity contribution is 1.09. The van der Waals surface area contributed by atoms with Gasteiger partial charge in [-0.05, 0) is 36.4 Å². The number of aromatic amines is 2. The molecule has 4 rings (SSSR count). The minimum absolute atomic E-state index is 0.698. The van der Waals surface area contributed by atoms with Gasteiger partial charge in [-0.1, -0.05) is 18.2 Å². The smallest absolute Gasteiger partial charge is 0.181 e. The highest BCUT2D eigenvalue weighted by atomic mass is 15.2. The van der Waals surface area contributed by atoms with Crippen LogP contribution in [-0.2, 0) is 0 Å². The van der Waals surface area contributed by atoms with Crippen molar-refractivity contribution in [3.05, 3.63) is 54.6 Å². The Labute approximate surface area is 134 Å². The number of anilines is 1. The third kappa shape index (κ3) is 2.46. The van der Waals surface area contributed by atoms with Gasteiger partial charge in [-0.3, -0.25) is 5.10 Å². The molecule has 0 atom stereocenters. The first kappa shape index (κ1) is 13.6. The third-order valence-electron chi connectivity index (χ3n) is 3.91. The summed E-state index contributed by atoms with van der Waals surface area (Å²) in [4.78, 5) is 10.0. The van der Waals surface area contributed by atoms with Crippen molar-refractivity contribution in [1.29, 1.82) is 0 Å². The topological polar surface area (TPSA) is 60.6 Å². The van der Waals surface area contributed by atoms with Crippen molar-refractivity contribution >= 4 is 16.6 Å². The number of nitrogens with zero attached hydrogens (tertiary/aromatic N) is 3. The van der Waals surface area contributed by atoms with Crippen LogP contribution in [0.5, 0.6) is 0 Å². The summed E-state index contributed by atoms with van der Waals surface area (Å²) < 4.78 is 0. The second-order valence-electron chi connectivity index (χ2n) is 5.72. The van der Waals surface area contributed by atoms with Crippen molar-refractivity contribution in [2.45, 2.75) is 0 Å². The Kier molecular flexibility index (Phi) is 3.12. The number of hydrogen-bond acceptors (Lipinski definition) is 3. The van der Waals surface area contributed by atoms with Gasteiger partial charge in [0.1, 0.15) is 0 Å². The molecule has 0 amide bonds. The Hall–Kier alpha value is -3.08. The maximum Gasteiger partial charge on any atom is 0.181 e. The van der Waals surface area contributed by atoms with Gasteiger partial charge in [0.2, 0.25) is 0 Å². The molecule has 5 nitrogen and oxygen atoms in total. The van der Waals surface area contributed by atoms with Crippen LogP contribution in [0.4, 0.5) is 5.69 Å². The molecule has 0 aliphatic rings. The number of para-hydroxylation sites is 1. The van der Waals surface area contributed by atoms with E-state index in [1.54, 1.807) is 0 Å². The van der Waals surface area contributed by atoms with Crippen LogP contribution in [-0.4, -0.2) is 34.3 Å². The van der Waals surface area contributed by atoms with Gasteiger partial charge in [0.05, 0.1) is 5.69 Å². The molecule has 0 radical (unpaired) electrons. The summed E-state index contributed by atoms with van der Waals surface area (Å²) in [5.41, 5.74) is 4.18. The highest BCUT2D eigenvalue weighted by Gasteiger charge is 2.10. The normalized spacial score (nSPS) is 11.0. The Morgan fingerprint density at radius 1 is 0.957 bits per heavy atom. The molecule has 0 saturated carbocycles. The molecule has 5 heteroatoms. The van der Waals surface area contributed by atoms with E-state index in [2.05, 4.69) is 55.4 Å². The fraction of sp³-hybridized carbons (Fsp3) is 0.111. The molecule has 114 valence electrons. The number of aromatic nitrogens is 4. The predicted molar refractivity (Wildman–Crippen MR) is 93.4 cm³/mol. The average molecular weight is 303 g/mol. The van der Waals surface area contributed by atoms with Gasteiger partial charge in [0.15, 0.2) is 11.6 Å². The van der Waals surface area contributed by atoms with E-state index in [1.165, 1.54) is 0 Å². The molecule has 2 N–H and O–H groups in total. The molecule has 2 aromatic carbocycles. The monoisotopic (exact) mass is 303 g/mol. The lowest BCUT2D eigenvalue weighted by atomic mass is 10.2. The van der Waals surface area contributed by atoms with E-state index in [0.717, 1.165) is 33.7 Å². The first-order valence-electron chi connectivity index (χ1n) is 7.49. The Balaban J connectivity index is 1.68. The predicted octanol–water partition coefficient (Wildman–Crippen LogP) is 3.69. The van der Waals surface area contributed by atoms with Crippen LogP contribution in [0, 0.1) is 0 Å². The number of hydrogen-bond donors (Lipinski definition) is 2. The highest BCUT2D eigenvalue weighted by molar-refractivity contribution is 5.84. The zero-order chi connectivity index (χ0) is 15.8. The van der Waals surface area contributed by atoms with Crippen molar-refractivity contribution in [3.8, 4) is 22.9 Å². The summed E-state index contributed by atoms with van der Waals surface area (Å²) >= 11 is 0. The molecule has 0 unspecified atom stereocenters. The van der Waals surface area contributed by atoms with E-state index in [4.69, 9.17) is 0 Å². The summed E-state index contributed by atoms with van der Waals surface area (Å²) in [5, 5.41) is 8.52. The third-order valence-corrected chi connectivity index (χ3v) is 3.91. The summed E-state index contributed by atoms with van der Waals surface area (Å²) in [6, 6.07) is 18.4. The van der Waals surface area contributed by atoms with Gasteiger partial charge in [-0.15, -0.1) is 0 Å². The number of fused-ring (bicyclic) bond motifs is 1. The second kappa shape index (κ2) is 5.28. The van der Waals surface area contributed by atoms with E-state index in [1.807, 2.05) is 38.4 Å². The zero-order valence-corrected chi connectivity index (χ0v) is 13.0. The fourth-order valence-corrected chi connectivity index (χ4v) is 2.62. The van der Waals surface area contributed by atoms with Crippen molar-refractivity contribution < 1.29 is 0 Å². The number of H-pyrrole nitrogens is 2. The number of benzene rings is 2. The van der Waals surface area contributed by atoms with Crippen molar-refractivity contribution in [2.24, 2.45) is 0 Å². The molecule has 0 bridgehead atoms. The van der Waals surface area contributed by atoms with Gasteiger partial charge in [0, 0.05) is 36.2 Å². The summed E-state index contributed by atoms with van der Waals surface area (Å²) in [6.07, 6.45) is 0. The molecule has 0 saturated heterocycles. The molecule has 2 heterocycles. The largest absolute Gasteiger partial charge is 0.378 e. The number of rotatable bonds is 3. The van der Waals surface area contributed by atoms with Gasteiger partial charge in [-0.2, -0.15) is 5.10 Å². The average Bonchev–Trinajstić information content (AvgIpc) is 3.21. The minimum atomic E-state index is 0.698. The molecular weight excluding hydrogens is 286 g/mol. The van der Waals surface area contributed by atoms with Crippen LogP contribution in [0.15, 0.2) is 54.6 Å². The molecule has 0 spiro atoms. The van der Waals surface area contributed by atoms with Crippen LogP contribution < -0.4 is 4.90 Å². The van der Waals surface area contributed by atoms with E-state index in [9.17, 15) is 0 Å². The summed E-state index contributed by atoms with van der Waals surface area (Å²) in [6.45, 7) is 0. The van der Waals surface area contributed by atoms with Gasteiger partial charge in [0.25, 0.3) is 0 Å². The summed E-state index contributed by atoms with van der Waals surface area (Å²) in [5.74, 6) is 1.44. The van der Waals surface area contributed by atoms with Crippen molar-refractivity contribution in [2.75, 3.05) is 19.0 Å². The van der Waals surface area contributed by atoms with Crippen LogP contribution in [0.2, 0.25) is 0 Å². The van der Waals surface area contributed by atoms with E-state index in [0.29, 0.717) is 5.82 Å².